The number of ketones is 1. The number of phosphoric acid groups is 1. The molecule has 0 aromatic heterocycles. The minimum Gasteiger partial charge on any atom is -0.462 e. The molecule has 1 heterocycles. The molecule has 17 heteroatoms. The number of hydrogen-bond donors (Lipinski definition) is 8. The van der Waals surface area contributed by atoms with Crippen molar-refractivity contribution in [3.05, 3.63) is 36.5 Å². The van der Waals surface area contributed by atoms with Crippen LogP contribution < -0.4 is 0 Å². The molecule has 1 aliphatic carbocycles. The van der Waals surface area contributed by atoms with Crippen LogP contribution in [-0.4, -0.2) is 127 Å². The molecular formula is C51H89O16P. The van der Waals surface area contributed by atoms with Gasteiger partial charge in [0.15, 0.2) is 6.10 Å². The normalized spacial score (nSPS) is 30.4. The van der Waals surface area contributed by atoms with Crippen LogP contribution in [-0.2, 0) is 37.5 Å². The molecule has 1 unspecified atom stereocenters. The van der Waals surface area contributed by atoms with E-state index < -0.39 is 112 Å². The standard InChI is InChI=1S/C51H89O16P/c1-3-5-7-8-9-10-11-12-13-14-15-16-17-18-19-20-21-22-27-31-44(55)64-36-39-37-65-68(62,63)67-51-49(60)47(58)41(34-33-38(52)29-25-6-4-2)43(54)35-42(53)40(46(57)48(59)50(51)61)30-26-23-24-28-32-45(56)66-39/h9-10,12-13,33-34,38-41,43,46-52,54,57-61H,3-8,11,14-32,35-37H2,1-2H3,(H,62,63)/b10-9-,13-12-,34-33+/t38-,39+,40-,41-,43+,46+,47+,48-,49+,50+,51+/m0/s1. The van der Waals surface area contributed by atoms with Crippen LogP contribution in [0, 0.1) is 11.8 Å². The van der Waals surface area contributed by atoms with Crippen molar-refractivity contribution in [1.82, 2.24) is 0 Å². The molecule has 12 atom stereocenters. The number of esters is 2. The Morgan fingerprint density at radius 3 is 1.99 bits per heavy atom. The first-order valence-corrected chi connectivity index (χ1v) is 27.4. The Bertz CT molecular complexity index is 1510. The van der Waals surface area contributed by atoms with Gasteiger partial charge in [-0.2, -0.15) is 0 Å². The van der Waals surface area contributed by atoms with Crippen LogP contribution in [0.2, 0.25) is 0 Å². The van der Waals surface area contributed by atoms with Crippen molar-refractivity contribution in [2.75, 3.05) is 13.2 Å². The van der Waals surface area contributed by atoms with E-state index in [0.29, 0.717) is 44.9 Å². The molecule has 2 bridgehead atoms. The van der Waals surface area contributed by atoms with E-state index in [0.717, 1.165) is 51.4 Å². The molecule has 0 amide bonds. The zero-order valence-corrected chi connectivity index (χ0v) is 42.0. The molecule has 1 saturated carbocycles. The Hall–Kier alpha value is -2.34. The number of allylic oxidation sites excluding steroid dienone is 4. The number of rotatable bonds is 26. The summed E-state index contributed by atoms with van der Waals surface area (Å²) >= 11 is 0. The molecule has 0 spiro atoms. The van der Waals surface area contributed by atoms with Crippen molar-refractivity contribution in [1.29, 1.82) is 0 Å². The molecular weight excluding hydrogens is 900 g/mol. The van der Waals surface area contributed by atoms with Crippen LogP contribution in [0.5, 0.6) is 0 Å². The third kappa shape index (κ3) is 26.2. The maximum absolute atomic E-state index is 13.6. The minimum atomic E-state index is -5.45. The van der Waals surface area contributed by atoms with Crippen molar-refractivity contribution in [2.24, 2.45) is 11.8 Å². The van der Waals surface area contributed by atoms with E-state index in [4.69, 9.17) is 18.5 Å². The number of cyclic esters (lactones) is 1. The van der Waals surface area contributed by atoms with Gasteiger partial charge in [0.05, 0.1) is 31.0 Å². The quantitative estimate of drug-likeness (QED) is 0.0180. The van der Waals surface area contributed by atoms with Gasteiger partial charge >= 0.3 is 19.8 Å². The highest BCUT2D eigenvalue weighted by molar-refractivity contribution is 7.47. The number of aliphatic hydroxyl groups excluding tert-OH is 7. The molecule has 2 fully saturated rings. The summed E-state index contributed by atoms with van der Waals surface area (Å²) in [5.74, 6) is -4.87. The Labute approximate surface area is 406 Å². The maximum atomic E-state index is 13.6. The number of Topliss-reactive ketones (excluding diaryl/α,β-unsaturated/α-hetero) is 1. The molecule has 0 radical (unpaired) electrons. The average molecular weight is 989 g/mol. The minimum absolute atomic E-state index is 0.0280. The molecule has 1 aliphatic heterocycles. The van der Waals surface area contributed by atoms with E-state index in [2.05, 4.69) is 31.2 Å². The van der Waals surface area contributed by atoms with Gasteiger partial charge in [-0.05, 0) is 57.8 Å². The number of phosphoric ester groups is 1. The fourth-order valence-electron chi connectivity index (χ4n) is 8.58. The lowest BCUT2D eigenvalue weighted by Gasteiger charge is -2.36. The number of unbranched alkanes of at least 4 members (excludes halogenated alkanes) is 14. The van der Waals surface area contributed by atoms with Gasteiger partial charge in [-0.1, -0.05) is 147 Å². The lowest BCUT2D eigenvalue weighted by atomic mass is 9.83. The van der Waals surface area contributed by atoms with E-state index >= 15 is 0 Å². The van der Waals surface area contributed by atoms with Gasteiger partial charge in [-0.25, -0.2) is 4.57 Å². The number of ether oxygens (including phenoxy) is 2. The molecule has 2 rings (SSSR count). The lowest BCUT2D eigenvalue weighted by molar-refractivity contribution is -0.166. The van der Waals surface area contributed by atoms with Gasteiger partial charge in [0.2, 0.25) is 0 Å². The number of carbonyl (C=O) groups excluding carboxylic acids is 3. The summed E-state index contributed by atoms with van der Waals surface area (Å²) in [6.07, 6.45) is 14.0. The predicted molar refractivity (Wildman–Crippen MR) is 259 cm³/mol. The first-order valence-electron chi connectivity index (χ1n) is 25.9. The van der Waals surface area contributed by atoms with E-state index in [1.165, 1.54) is 63.5 Å². The third-order valence-corrected chi connectivity index (χ3v) is 13.8. The molecule has 16 nitrogen and oxygen atoms in total. The van der Waals surface area contributed by atoms with Crippen LogP contribution in [0.15, 0.2) is 36.5 Å². The summed E-state index contributed by atoms with van der Waals surface area (Å²) in [6.45, 7) is 2.82. The first kappa shape index (κ1) is 61.8. The monoisotopic (exact) mass is 989 g/mol. The summed E-state index contributed by atoms with van der Waals surface area (Å²) in [5.41, 5.74) is 0. The summed E-state index contributed by atoms with van der Waals surface area (Å²) < 4.78 is 34.7. The van der Waals surface area contributed by atoms with E-state index in [1.54, 1.807) is 0 Å². The van der Waals surface area contributed by atoms with E-state index in [-0.39, 0.29) is 19.3 Å². The van der Waals surface area contributed by atoms with Crippen molar-refractivity contribution in [3.8, 4) is 0 Å². The van der Waals surface area contributed by atoms with E-state index in [1.807, 2.05) is 6.92 Å². The summed E-state index contributed by atoms with van der Waals surface area (Å²) in [7, 11) is -5.45. The van der Waals surface area contributed by atoms with Gasteiger partial charge in [-0.3, -0.25) is 23.4 Å². The topological polar surface area (TPSA) is 267 Å². The highest BCUT2D eigenvalue weighted by Crippen LogP contribution is 2.47. The second-order valence-corrected chi connectivity index (χ2v) is 20.2. The van der Waals surface area contributed by atoms with Crippen LogP contribution in [0.4, 0.5) is 0 Å². The SMILES string of the molecule is CCCCC/C=C\C/C=C\CCCCCCCCCCCC(=O)OC[C@@H]1COP(=O)(O)O[C@H]2[C@H](O)[C@@H](O)[C@H](O)[C@@H](CCCCCCC(=O)O1)C(=O)C[C@@H](O)[C@H](/C=C/[C@@H](O)CCCCC)[C@@H](O)[C@H]2O. The van der Waals surface area contributed by atoms with Gasteiger partial charge < -0.3 is 50.1 Å². The number of carbonyl (C=O) groups is 3. The Morgan fingerprint density at radius 1 is 0.735 bits per heavy atom. The van der Waals surface area contributed by atoms with Crippen molar-refractivity contribution in [3.63, 3.8) is 0 Å². The lowest BCUT2D eigenvalue weighted by Crippen LogP contribution is -2.55. The number of hydrogen-bond acceptors (Lipinski definition) is 15. The Kier molecular flexibility index (Phi) is 33.2. The van der Waals surface area contributed by atoms with Gasteiger partial charge in [0, 0.05) is 31.1 Å². The highest BCUT2D eigenvalue weighted by atomic mass is 31.2. The summed E-state index contributed by atoms with van der Waals surface area (Å²) in [5, 5.41) is 78.6. The Balaban J connectivity index is 2.03. The zero-order chi connectivity index (χ0) is 50.2. The third-order valence-electron chi connectivity index (χ3n) is 12.8. The van der Waals surface area contributed by atoms with Crippen molar-refractivity contribution < 1.29 is 78.1 Å². The second-order valence-electron chi connectivity index (χ2n) is 18.8. The maximum Gasteiger partial charge on any atom is 0.472 e. The largest absolute Gasteiger partial charge is 0.472 e. The highest BCUT2D eigenvalue weighted by Gasteiger charge is 2.49. The molecule has 0 aromatic carbocycles. The second kappa shape index (κ2) is 36.6. The summed E-state index contributed by atoms with van der Waals surface area (Å²) in [6, 6.07) is 0. The number of aliphatic hydroxyl groups is 7. The van der Waals surface area contributed by atoms with Crippen LogP contribution in [0.25, 0.3) is 0 Å². The molecule has 0 aromatic rings. The predicted octanol–water partition coefficient (Wildman–Crippen LogP) is 7.54. The van der Waals surface area contributed by atoms with Gasteiger partial charge in [-0.15, -0.1) is 0 Å². The van der Waals surface area contributed by atoms with Crippen LogP contribution in [0.3, 0.4) is 0 Å². The molecule has 68 heavy (non-hydrogen) atoms. The zero-order valence-electron chi connectivity index (χ0n) is 41.1. The number of fused-ring (bicyclic) bond motifs is 4. The molecule has 2 aliphatic rings. The van der Waals surface area contributed by atoms with E-state index in [9.17, 15) is 59.6 Å². The summed E-state index contributed by atoms with van der Waals surface area (Å²) in [4.78, 5) is 50.1. The average Bonchev–Trinajstić information content (AvgIpc) is 3.31. The first-order chi connectivity index (χ1) is 32.6. The molecule has 394 valence electrons. The smallest absolute Gasteiger partial charge is 0.462 e. The van der Waals surface area contributed by atoms with Crippen molar-refractivity contribution in [2.45, 2.75) is 242 Å². The Morgan fingerprint density at radius 2 is 1.32 bits per heavy atom. The van der Waals surface area contributed by atoms with Crippen LogP contribution >= 0.6 is 7.82 Å². The fraction of sp³-hybridized carbons (Fsp3) is 0.824. The van der Waals surface area contributed by atoms with Gasteiger partial charge in [0.25, 0.3) is 0 Å². The van der Waals surface area contributed by atoms with Crippen LogP contribution in [0.1, 0.15) is 187 Å². The molecule has 8 N–H and O–H groups in total. The van der Waals surface area contributed by atoms with Gasteiger partial charge in [0.1, 0.15) is 36.8 Å². The fourth-order valence-corrected chi connectivity index (χ4v) is 9.55. The van der Waals surface area contributed by atoms with Crippen molar-refractivity contribution >= 4 is 25.5 Å². The molecule has 1 saturated heterocycles.